The van der Waals surface area contributed by atoms with E-state index in [4.69, 9.17) is 16.3 Å². The Kier molecular flexibility index (Phi) is 5.64. The molecule has 0 radical (unpaired) electrons. The van der Waals surface area contributed by atoms with Crippen LogP contribution in [-0.2, 0) is 4.84 Å². The molecule has 1 rings (SSSR count). The first-order valence-corrected chi connectivity index (χ1v) is 6.55. The summed E-state index contributed by atoms with van der Waals surface area (Å²) < 4.78 is 0. The highest BCUT2D eigenvalue weighted by Gasteiger charge is 2.32. The van der Waals surface area contributed by atoms with Crippen LogP contribution in [0.15, 0.2) is 9.98 Å². The van der Waals surface area contributed by atoms with Gasteiger partial charge in [0.25, 0.3) is 0 Å². The predicted octanol–water partition coefficient (Wildman–Crippen LogP) is 1.18. The molecule has 1 heterocycles. The second-order valence-electron chi connectivity index (χ2n) is 4.77. The van der Waals surface area contributed by atoms with E-state index in [2.05, 4.69) is 28.7 Å². The standard InChI is InChI=1S/C13H23N5O/c1-4-5-6-7-8-9-10-19-18-12(15)16-11(14)17-13(18,2)3/h4-5,8-10H2,1-3H3,(H4,14,15,16,17). The highest BCUT2D eigenvalue weighted by atomic mass is 16.7. The van der Waals surface area contributed by atoms with Gasteiger partial charge in [-0.1, -0.05) is 6.92 Å². The maximum Gasteiger partial charge on any atom is 0.226 e. The van der Waals surface area contributed by atoms with Gasteiger partial charge in [-0.15, -0.1) is 11.8 Å². The van der Waals surface area contributed by atoms with Gasteiger partial charge in [-0.3, -0.25) is 4.84 Å². The molecule has 4 N–H and O–H groups in total. The van der Waals surface area contributed by atoms with Gasteiger partial charge in [-0.05, 0) is 26.7 Å². The molecule has 106 valence electrons. The Morgan fingerprint density at radius 2 is 1.95 bits per heavy atom. The molecule has 0 amide bonds. The summed E-state index contributed by atoms with van der Waals surface area (Å²) in [6.07, 6.45) is 3.71. The zero-order chi connectivity index (χ0) is 14.3. The van der Waals surface area contributed by atoms with E-state index in [1.54, 1.807) is 0 Å². The van der Waals surface area contributed by atoms with E-state index in [-0.39, 0.29) is 11.9 Å². The van der Waals surface area contributed by atoms with Gasteiger partial charge in [-0.2, -0.15) is 10.1 Å². The first-order valence-electron chi connectivity index (χ1n) is 6.55. The Balaban J connectivity index is 2.38. The molecule has 0 fully saturated rings. The molecular formula is C13H23N5O. The molecule has 1 aliphatic heterocycles. The first kappa shape index (κ1) is 15.3. The summed E-state index contributed by atoms with van der Waals surface area (Å²) in [5.74, 6) is 6.61. The number of unbranched alkanes of at least 4 members (excludes halogenated alkanes) is 2. The van der Waals surface area contributed by atoms with Crippen molar-refractivity contribution in [1.82, 2.24) is 5.06 Å². The van der Waals surface area contributed by atoms with Crippen molar-refractivity contribution in [3.05, 3.63) is 0 Å². The number of aliphatic imine (C=N–C) groups is 2. The second-order valence-corrected chi connectivity index (χ2v) is 4.77. The van der Waals surface area contributed by atoms with Crippen LogP contribution in [0, 0.1) is 11.8 Å². The predicted molar refractivity (Wildman–Crippen MR) is 77.0 cm³/mol. The van der Waals surface area contributed by atoms with Crippen LogP contribution in [0.5, 0.6) is 0 Å². The van der Waals surface area contributed by atoms with Crippen LogP contribution in [-0.4, -0.2) is 29.3 Å². The average molecular weight is 265 g/mol. The Labute approximate surface area is 114 Å². The maximum absolute atomic E-state index is 5.79. The smallest absolute Gasteiger partial charge is 0.226 e. The molecule has 0 saturated heterocycles. The second kappa shape index (κ2) is 7.00. The summed E-state index contributed by atoms with van der Waals surface area (Å²) in [7, 11) is 0. The van der Waals surface area contributed by atoms with Gasteiger partial charge in [0.15, 0.2) is 5.66 Å². The number of hydroxylamine groups is 2. The van der Waals surface area contributed by atoms with Crippen LogP contribution in [0.4, 0.5) is 0 Å². The van der Waals surface area contributed by atoms with Gasteiger partial charge in [0.1, 0.15) is 0 Å². The molecule has 1 aliphatic rings. The Morgan fingerprint density at radius 3 is 2.58 bits per heavy atom. The monoisotopic (exact) mass is 265 g/mol. The number of guanidine groups is 2. The van der Waals surface area contributed by atoms with Crippen molar-refractivity contribution in [2.24, 2.45) is 21.5 Å². The highest BCUT2D eigenvalue weighted by molar-refractivity contribution is 5.95. The molecule has 0 aliphatic carbocycles. The van der Waals surface area contributed by atoms with Crippen LogP contribution in [0.25, 0.3) is 0 Å². The first-order chi connectivity index (χ1) is 8.97. The lowest BCUT2D eigenvalue weighted by molar-refractivity contribution is -0.157. The molecule has 19 heavy (non-hydrogen) atoms. The minimum Gasteiger partial charge on any atom is -0.368 e. The molecule has 0 aromatic carbocycles. The molecule has 0 spiro atoms. The molecule has 0 bridgehead atoms. The molecule has 0 unspecified atom stereocenters. The van der Waals surface area contributed by atoms with Gasteiger partial charge < -0.3 is 11.5 Å². The van der Waals surface area contributed by atoms with E-state index < -0.39 is 5.66 Å². The summed E-state index contributed by atoms with van der Waals surface area (Å²) in [6, 6.07) is 0. The Morgan fingerprint density at radius 1 is 1.26 bits per heavy atom. The lowest BCUT2D eigenvalue weighted by atomic mass is 10.2. The Hall–Kier alpha value is -1.74. The fourth-order valence-electron chi connectivity index (χ4n) is 1.64. The quantitative estimate of drug-likeness (QED) is 0.577. The van der Waals surface area contributed by atoms with Gasteiger partial charge in [0, 0.05) is 12.8 Å². The fraction of sp³-hybridized carbons (Fsp3) is 0.692. The van der Waals surface area contributed by atoms with Crippen LogP contribution in [0.1, 0.15) is 46.5 Å². The summed E-state index contributed by atoms with van der Waals surface area (Å²) in [4.78, 5) is 13.7. The number of rotatable bonds is 5. The SMILES string of the molecule is CCCC#CCCCON1C(N)=NC(N)=NC1(C)C. The molecular weight excluding hydrogens is 242 g/mol. The third kappa shape index (κ3) is 4.79. The third-order valence-corrected chi connectivity index (χ3v) is 2.49. The van der Waals surface area contributed by atoms with Crippen LogP contribution in [0.2, 0.25) is 0 Å². The molecule has 0 atom stereocenters. The van der Waals surface area contributed by atoms with Crippen molar-refractivity contribution >= 4 is 11.9 Å². The van der Waals surface area contributed by atoms with Gasteiger partial charge in [0.2, 0.25) is 11.9 Å². The largest absolute Gasteiger partial charge is 0.368 e. The molecule has 6 nitrogen and oxygen atoms in total. The molecule has 0 aromatic rings. The normalized spacial score (nSPS) is 17.3. The molecule has 0 aromatic heterocycles. The van der Waals surface area contributed by atoms with Crippen LogP contribution in [0.3, 0.4) is 0 Å². The van der Waals surface area contributed by atoms with Crippen molar-refractivity contribution in [3.63, 3.8) is 0 Å². The number of nitrogens with two attached hydrogens (primary N) is 2. The van der Waals surface area contributed by atoms with Gasteiger partial charge in [-0.25, -0.2) is 4.99 Å². The van der Waals surface area contributed by atoms with Crippen molar-refractivity contribution in [2.75, 3.05) is 6.61 Å². The van der Waals surface area contributed by atoms with E-state index in [9.17, 15) is 0 Å². The lowest BCUT2D eigenvalue weighted by Gasteiger charge is -2.36. The van der Waals surface area contributed by atoms with Crippen molar-refractivity contribution in [2.45, 2.75) is 52.1 Å². The number of hydrogen-bond acceptors (Lipinski definition) is 6. The maximum atomic E-state index is 5.79. The summed E-state index contributed by atoms with van der Waals surface area (Å²) in [6.45, 7) is 6.37. The highest BCUT2D eigenvalue weighted by Crippen LogP contribution is 2.19. The topological polar surface area (TPSA) is 89.2 Å². The zero-order valence-electron chi connectivity index (χ0n) is 11.9. The van der Waals surface area contributed by atoms with Crippen molar-refractivity contribution < 1.29 is 4.84 Å². The van der Waals surface area contributed by atoms with Gasteiger partial charge >= 0.3 is 0 Å². The van der Waals surface area contributed by atoms with E-state index in [1.807, 2.05) is 13.8 Å². The minimum absolute atomic E-state index is 0.174. The molecule has 6 heteroatoms. The van der Waals surface area contributed by atoms with E-state index in [0.29, 0.717) is 6.61 Å². The Bertz CT molecular complexity index is 416. The fourth-order valence-corrected chi connectivity index (χ4v) is 1.64. The van der Waals surface area contributed by atoms with E-state index in [0.717, 1.165) is 25.7 Å². The number of nitrogens with zero attached hydrogens (tertiary/aromatic N) is 3. The summed E-state index contributed by atoms with van der Waals surface area (Å²) in [5, 5.41) is 1.49. The average Bonchev–Trinajstić information content (AvgIpc) is 2.29. The van der Waals surface area contributed by atoms with Crippen LogP contribution >= 0.6 is 0 Å². The lowest BCUT2D eigenvalue weighted by Crippen LogP contribution is -2.53. The molecule has 0 saturated carbocycles. The minimum atomic E-state index is -0.635. The third-order valence-electron chi connectivity index (χ3n) is 2.49. The zero-order valence-corrected chi connectivity index (χ0v) is 11.9. The summed E-state index contributed by atoms with van der Waals surface area (Å²) in [5.41, 5.74) is 10.7. The van der Waals surface area contributed by atoms with Crippen molar-refractivity contribution in [1.29, 1.82) is 0 Å². The van der Waals surface area contributed by atoms with Gasteiger partial charge in [0.05, 0.1) is 6.61 Å². The van der Waals surface area contributed by atoms with E-state index >= 15 is 0 Å². The summed E-state index contributed by atoms with van der Waals surface area (Å²) >= 11 is 0. The van der Waals surface area contributed by atoms with Crippen molar-refractivity contribution in [3.8, 4) is 11.8 Å². The van der Waals surface area contributed by atoms with Crippen LogP contribution < -0.4 is 11.5 Å². The number of hydrogen-bond donors (Lipinski definition) is 2. The van der Waals surface area contributed by atoms with E-state index in [1.165, 1.54) is 5.06 Å².